The summed E-state index contributed by atoms with van der Waals surface area (Å²) in [5.41, 5.74) is 9.12. The van der Waals surface area contributed by atoms with E-state index in [9.17, 15) is 4.39 Å². The standard InChI is InChI=1S/C13H18FN/c1-9-3-4-12(14)11(10(9)2)5-6-13(15)7-8-13/h3-4H,5-8,15H2,1-2H3. The van der Waals surface area contributed by atoms with Gasteiger partial charge in [0.05, 0.1) is 0 Å². The summed E-state index contributed by atoms with van der Waals surface area (Å²) >= 11 is 0. The van der Waals surface area contributed by atoms with Crippen LogP contribution in [0.15, 0.2) is 12.1 Å². The van der Waals surface area contributed by atoms with E-state index in [4.69, 9.17) is 5.73 Å². The number of benzene rings is 1. The van der Waals surface area contributed by atoms with Crippen LogP contribution in [0.1, 0.15) is 36.0 Å². The monoisotopic (exact) mass is 207 g/mol. The molecule has 82 valence electrons. The fourth-order valence-corrected chi connectivity index (χ4v) is 1.93. The number of hydrogen-bond acceptors (Lipinski definition) is 1. The lowest BCUT2D eigenvalue weighted by molar-refractivity contribution is 0.568. The smallest absolute Gasteiger partial charge is 0.126 e. The molecule has 0 unspecified atom stereocenters. The molecule has 0 heterocycles. The van der Waals surface area contributed by atoms with Gasteiger partial charge in [0.15, 0.2) is 0 Å². The molecule has 1 fully saturated rings. The summed E-state index contributed by atoms with van der Waals surface area (Å²) in [6, 6.07) is 3.40. The lowest BCUT2D eigenvalue weighted by Crippen LogP contribution is -2.22. The van der Waals surface area contributed by atoms with Gasteiger partial charge in [-0.15, -0.1) is 0 Å². The van der Waals surface area contributed by atoms with Crippen LogP contribution >= 0.6 is 0 Å². The third kappa shape index (κ3) is 2.20. The average molecular weight is 207 g/mol. The molecule has 1 aliphatic rings. The molecular formula is C13H18FN. The number of rotatable bonds is 3. The minimum Gasteiger partial charge on any atom is -0.325 e. The fraction of sp³-hybridized carbons (Fsp3) is 0.538. The summed E-state index contributed by atoms with van der Waals surface area (Å²) in [5.74, 6) is -0.0812. The number of nitrogens with two attached hydrogens (primary N) is 1. The van der Waals surface area contributed by atoms with Crippen molar-refractivity contribution in [3.05, 3.63) is 34.6 Å². The molecule has 1 aliphatic carbocycles. The normalized spacial score (nSPS) is 17.9. The highest BCUT2D eigenvalue weighted by Gasteiger charge is 2.37. The van der Waals surface area contributed by atoms with E-state index in [-0.39, 0.29) is 11.4 Å². The zero-order valence-corrected chi connectivity index (χ0v) is 9.44. The molecule has 2 rings (SSSR count). The van der Waals surface area contributed by atoms with E-state index in [0.29, 0.717) is 0 Å². The molecule has 0 spiro atoms. The molecule has 2 N–H and O–H groups in total. The van der Waals surface area contributed by atoms with E-state index in [2.05, 4.69) is 0 Å². The summed E-state index contributed by atoms with van der Waals surface area (Å²) in [5, 5.41) is 0. The second-order valence-corrected chi connectivity index (χ2v) is 4.83. The molecule has 0 bridgehead atoms. The maximum absolute atomic E-state index is 13.6. The molecule has 0 aromatic heterocycles. The van der Waals surface area contributed by atoms with E-state index in [0.717, 1.165) is 42.4 Å². The van der Waals surface area contributed by atoms with Crippen LogP contribution in [0.5, 0.6) is 0 Å². The molecule has 1 aromatic carbocycles. The number of halogens is 1. The predicted molar refractivity (Wildman–Crippen MR) is 60.3 cm³/mol. The van der Waals surface area contributed by atoms with Crippen LogP contribution in [-0.4, -0.2) is 5.54 Å². The average Bonchev–Trinajstić information content (AvgIpc) is 2.91. The topological polar surface area (TPSA) is 26.0 Å². The Morgan fingerprint density at radius 3 is 2.60 bits per heavy atom. The highest BCUT2D eigenvalue weighted by atomic mass is 19.1. The van der Waals surface area contributed by atoms with Crippen LogP contribution in [0.2, 0.25) is 0 Å². The minimum absolute atomic E-state index is 0.0165. The zero-order chi connectivity index (χ0) is 11.1. The Bertz CT molecular complexity index is 380. The molecular weight excluding hydrogens is 189 g/mol. The third-order valence-corrected chi connectivity index (χ3v) is 3.58. The molecule has 15 heavy (non-hydrogen) atoms. The number of hydrogen-bond donors (Lipinski definition) is 1. The van der Waals surface area contributed by atoms with Crippen molar-refractivity contribution >= 4 is 0 Å². The van der Waals surface area contributed by atoms with Crippen molar-refractivity contribution in [2.24, 2.45) is 5.73 Å². The molecule has 0 saturated heterocycles. The summed E-state index contributed by atoms with van der Waals surface area (Å²) in [4.78, 5) is 0. The van der Waals surface area contributed by atoms with E-state index in [1.54, 1.807) is 6.07 Å². The molecule has 2 heteroatoms. The molecule has 1 saturated carbocycles. The van der Waals surface area contributed by atoms with Gasteiger partial charge in [-0.25, -0.2) is 4.39 Å². The Labute approximate surface area is 90.5 Å². The largest absolute Gasteiger partial charge is 0.325 e. The highest BCUT2D eigenvalue weighted by molar-refractivity contribution is 5.34. The lowest BCUT2D eigenvalue weighted by Gasteiger charge is -2.12. The summed E-state index contributed by atoms with van der Waals surface area (Å²) in [7, 11) is 0. The Morgan fingerprint density at radius 2 is 2.00 bits per heavy atom. The van der Waals surface area contributed by atoms with Gasteiger partial charge < -0.3 is 5.73 Å². The predicted octanol–water partition coefficient (Wildman–Crippen LogP) is 2.87. The van der Waals surface area contributed by atoms with Crippen molar-refractivity contribution < 1.29 is 4.39 Å². The van der Waals surface area contributed by atoms with Crippen molar-refractivity contribution in [3.63, 3.8) is 0 Å². The van der Waals surface area contributed by atoms with Crippen LogP contribution in [0.25, 0.3) is 0 Å². The Balaban J connectivity index is 2.16. The van der Waals surface area contributed by atoms with Gasteiger partial charge in [-0.1, -0.05) is 6.07 Å². The van der Waals surface area contributed by atoms with Gasteiger partial charge in [0.25, 0.3) is 0 Å². The molecule has 1 nitrogen and oxygen atoms in total. The molecule has 1 aromatic rings. The molecule has 0 aliphatic heterocycles. The van der Waals surface area contributed by atoms with Gasteiger partial charge in [-0.2, -0.15) is 0 Å². The Kier molecular flexibility index (Phi) is 2.55. The zero-order valence-electron chi connectivity index (χ0n) is 9.44. The summed E-state index contributed by atoms with van der Waals surface area (Å²) < 4.78 is 13.6. The first kappa shape index (κ1) is 10.6. The Hall–Kier alpha value is -0.890. The first-order chi connectivity index (χ1) is 7.02. The Morgan fingerprint density at radius 1 is 1.33 bits per heavy atom. The van der Waals surface area contributed by atoms with Crippen molar-refractivity contribution in [1.82, 2.24) is 0 Å². The van der Waals surface area contributed by atoms with Gasteiger partial charge in [-0.05, 0) is 62.3 Å². The molecule has 0 amide bonds. The second-order valence-electron chi connectivity index (χ2n) is 4.83. The van der Waals surface area contributed by atoms with Gasteiger partial charge in [0.2, 0.25) is 0 Å². The third-order valence-electron chi connectivity index (χ3n) is 3.58. The van der Waals surface area contributed by atoms with E-state index in [1.165, 1.54) is 0 Å². The summed E-state index contributed by atoms with van der Waals surface area (Å²) in [6.07, 6.45) is 3.88. The van der Waals surface area contributed by atoms with Crippen LogP contribution < -0.4 is 5.73 Å². The molecule has 0 radical (unpaired) electrons. The van der Waals surface area contributed by atoms with Crippen molar-refractivity contribution in [3.8, 4) is 0 Å². The van der Waals surface area contributed by atoms with E-state index < -0.39 is 0 Å². The van der Waals surface area contributed by atoms with Crippen LogP contribution in [0, 0.1) is 19.7 Å². The molecule has 0 atom stereocenters. The van der Waals surface area contributed by atoms with Gasteiger partial charge in [0.1, 0.15) is 5.82 Å². The van der Waals surface area contributed by atoms with Crippen molar-refractivity contribution in [1.29, 1.82) is 0 Å². The highest BCUT2D eigenvalue weighted by Crippen LogP contribution is 2.37. The van der Waals surface area contributed by atoms with Crippen LogP contribution in [-0.2, 0) is 6.42 Å². The summed E-state index contributed by atoms with van der Waals surface area (Å²) in [6.45, 7) is 4.01. The quantitative estimate of drug-likeness (QED) is 0.810. The van der Waals surface area contributed by atoms with E-state index in [1.807, 2.05) is 19.9 Å². The van der Waals surface area contributed by atoms with Crippen molar-refractivity contribution in [2.45, 2.75) is 45.1 Å². The lowest BCUT2D eigenvalue weighted by atomic mass is 9.96. The number of aryl methyl sites for hydroxylation is 1. The van der Waals surface area contributed by atoms with Crippen LogP contribution in [0.3, 0.4) is 0 Å². The maximum atomic E-state index is 13.6. The first-order valence-electron chi connectivity index (χ1n) is 5.55. The SMILES string of the molecule is Cc1ccc(F)c(CCC2(N)CC2)c1C. The van der Waals surface area contributed by atoms with E-state index >= 15 is 0 Å². The van der Waals surface area contributed by atoms with Gasteiger partial charge in [0, 0.05) is 5.54 Å². The van der Waals surface area contributed by atoms with Crippen molar-refractivity contribution in [2.75, 3.05) is 0 Å². The fourth-order valence-electron chi connectivity index (χ4n) is 1.93. The first-order valence-corrected chi connectivity index (χ1v) is 5.55. The second kappa shape index (κ2) is 3.60. The van der Waals surface area contributed by atoms with Gasteiger partial charge >= 0.3 is 0 Å². The van der Waals surface area contributed by atoms with Gasteiger partial charge in [-0.3, -0.25) is 0 Å². The minimum atomic E-state index is -0.0812. The van der Waals surface area contributed by atoms with Crippen LogP contribution in [0.4, 0.5) is 4.39 Å². The maximum Gasteiger partial charge on any atom is 0.126 e.